The zero-order chi connectivity index (χ0) is 19.5. The molecule has 0 fully saturated rings. The Morgan fingerprint density at radius 3 is 2.64 bits per heavy atom. The number of aliphatic imine (C=N–C) groups is 1. The first-order valence-electron chi connectivity index (χ1n) is 9.19. The molecule has 154 valence electrons. The SMILES string of the molecule is CCNC(=O)COc1cccc(CN=C(NCC)NC(C)c2cccs2)c1.I. The molecule has 2 aromatic rings. The fraction of sp³-hybridized carbons (Fsp3) is 0.400. The summed E-state index contributed by atoms with van der Waals surface area (Å²) in [5, 5.41) is 11.5. The highest BCUT2D eigenvalue weighted by molar-refractivity contribution is 14.0. The lowest BCUT2D eigenvalue weighted by Crippen LogP contribution is -2.38. The lowest BCUT2D eigenvalue weighted by molar-refractivity contribution is -0.122. The van der Waals surface area contributed by atoms with Gasteiger partial charge < -0.3 is 20.7 Å². The van der Waals surface area contributed by atoms with Crippen LogP contribution in [0.4, 0.5) is 0 Å². The standard InChI is InChI=1S/C20H28N4O2S.HI/c1-4-21-19(25)14-26-17-9-6-8-16(12-17)13-23-20(22-5-2)24-15(3)18-10-7-11-27-18;/h6-12,15H,4-5,13-14H2,1-3H3,(H,21,25)(H2,22,23,24);1H. The molecule has 3 N–H and O–H groups in total. The van der Waals surface area contributed by atoms with Gasteiger partial charge in [0, 0.05) is 18.0 Å². The van der Waals surface area contributed by atoms with Crippen LogP contribution in [0.25, 0.3) is 0 Å². The van der Waals surface area contributed by atoms with Crippen molar-refractivity contribution in [2.45, 2.75) is 33.4 Å². The summed E-state index contributed by atoms with van der Waals surface area (Å²) in [5.41, 5.74) is 1.02. The van der Waals surface area contributed by atoms with Crippen LogP contribution in [-0.4, -0.2) is 31.6 Å². The van der Waals surface area contributed by atoms with Gasteiger partial charge >= 0.3 is 0 Å². The Balaban J connectivity index is 0.00000392. The van der Waals surface area contributed by atoms with Crippen molar-refractivity contribution in [3.63, 3.8) is 0 Å². The topological polar surface area (TPSA) is 74.8 Å². The van der Waals surface area contributed by atoms with Gasteiger partial charge in [-0.25, -0.2) is 4.99 Å². The largest absolute Gasteiger partial charge is 0.484 e. The van der Waals surface area contributed by atoms with E-state index < -0.39 is 0 Å². The zero-order valence-corrected chi connectivity index (χ0v) is 19.7. The van der Waals surface area contributed by atoms with Crippen molar-refractivity contribution in [2.75, 3.05) is 19.7 Å². The average Bonchev–Trinajstić information content (AvgIpc) is 3.20. The van der Waals surface area contributed by atoms with Gasteiger partial charge in [0.2, 0.25) is 0 Å². The van der Waals surface area contributed by atoms with Gasteiger partial charge in [0.25, 0.3) is 5.91 Å². The van der Waals surface area contributed by atoms with Gasteiger partial charge in [-0.15, -0.1) is 35.3 Å². The molecule has 0 radical (unpaired) electrons. The highest BCUT2D eigenvalue weighted by Crippen LogP contribution is 2.18. The minimum Gasteiger partial charge on any atom is -0.484 e. The molecule has 28 heavy (non-hydrogen) atoms. The highest BCUT2D eigenvalue weighted by Gasteiger charge is 2.08. The molecule has 6 nitrogen and oxygen atoms in total. The number of thiophene rings is 1. The average molecular weight is 516 g/mol. The maximum absolute atomic E-state index is 11.5. The summed E-state index contributed by atoms with van der Waals surface area (Å²) in [6.07, 6.45) is 0. The maximum Gasteiger partial charge on any atom is 0.257 e. The van der Waals surface area contributed by atoms with Crippen molar-refractivity contribution in [3.05, 3.63) is 52.2 Å². The van der Waals surface area contributed by atoms with Gasteiger partial charge in [0.1, 0.15) is 5.75 Å². The van der Waals surface area contributed by atoms with Crippen LogP contribution in [0.3, 0.4) is 0 Å². The molecule has 0 aliphatic carbocycles. The lowest BCUT2D eigenvalue weighted by atomic mass is 10.2. The summed E-state index contributed by atoms with van der Waals surface area (Å²) in [4.78, 5) is 17.4. The number of halogens is 1. The molecule has 1 aromatic carbocycles. The molecule has 1 amide bonds. The molecule has 0 saturated carbocycles. The fourth-order valence-electron chi connectivity index (χ4n) is 2.43. The first-order chi connectivity index (χ1) is 13.1. The Bertz CT molecular complexity index is 738. The molecule has 0 aliphatic heterocycles. The molecular weight excluding hydrogens is 487 g/mol. The summed E-state index contributed by atoms with van der Waals surface area (Å²) >= 11 is 1.72. The van der Waals surface area contributed by atoms with Gasteiger partial charge in [-0.05, 0) is 49.9 Å². The highest BCUT2D eigenvalue weighted by atomic mass is 127. The van der Waals surface area contributed by atoms with Crippen LogP contribution >= 0.6 is 35.3 Å². The number of carbonyl (C=O) groups is 1. The summed E-state index contributed by atoms with van der Waals surface area (Å²) in [6, 6.07) is 12.0. The number of carbonyl (C=O) groups excluding carboxylic acids is 1. The quantitative estimate of drug-likeness (QED) is 0.270. The van der Waals surface area contributed by atoms with Crippen LogP contribution in [0.5, 0.6) is 5.75 Å². The second-order valence-electron chi connectivity index (χ2n) is 5.97. The van der Waals surface area contributed by atoms with Crippen LogP contribution in [-0.2, 0) is 11.3 Å². The second kappa shape index (κ2) is 13.4. The van der Waals surface area contributed by atoms with E-state index in [-0.39, 0.29) is 42.5 Å². The van der Waals surface area contributed by atoms with Crippen molar-refractivity contribution >= 4 is 47.2 Å². The minimum absolute atomic E-state index is 0. The van der Waals surface area contributed by atoms with E-state index in [1.165, 1.54) is 4.88 Å². The van der Waals surface area contributed by atoms with E-state index in [1.807, 2.05) is 38.1 Å². The van der Waals surface area contributed by atoms with Gasteiger partial charge in [-0.2, -0.15) is 0 Å². The number of hydrogen-bond acceptors (Lipinski definition) is 4. The first kappa shape index (κ1) is 24.2. The molecule has 1 aromatic heterocycles. The number of nitrogens with one attached hydrogen (secondary N) is 3. The van der Waals surface area contributed by atoms with Gasteiger partial charge in [0.05, 0.1) is 12.6 Å². The molecular formula is C20H29IN4O2S. The van der Waals surface area contributed by atoms with E-state index in [0.717, 1.165) is 18.1 Å². The van der Waals surface area contributed by atoms with Crippen molar-refractivity contribution in [1.82, 2.24) is 16.0 Å². The normalized spacial score (nSPS) is 11.9. The number of benzene rings is 1. The Labute approximate surface area is 188 Å². The molecule has 8 heteroatoms. The number of rotatable bonds is 9. The monoisotopic (exact) mass is 516 g/mol. The molecule has 0 saturated heterocycles. The van der Waals surface area contributed by atoms with E-state index in [0.29, 0.717) is 18.8 Å². The summed E-state index contributed by atoms with van der Waals surface area (Å²) in [5.74, 6) is 1.31. The second-order valence-corrected chi connectivity index (χ2v) is 6.95. The van der Waals surface area contributed by atoms with E-state index in [1.54, 1.807) is 11.3 Å². The third kappa shape index (κ3) is 8.47. The van der Waals surface area contributed by atoms with Crippen LogP contribution in [0.2, 0.25) is 0 Å². The first-order valence-corrected chi connectivity index (χ1v) is 10.1. The lowest BCUT2D eigenvalue weighted by Gasteiger charge is -2.16. The smallest absolute Gasteiger partial charge is 0.257 e. The van der Waals surface area contributed by atoms with Crippen LogP contribution in [0, 0.1) is 0 Å². The molecule has 1 atom stereocenters. The third-order valence-corrected chi connectivity index (χ3v) is 4.78. The number of ether oxygens (including phenoxy) is 1. The predicted molar refractivity (Wildman–Crippen MR) is 127 cm³/mol. The van der Waals surface area contributed by atoms with E-state index in [4.69, 9.17) is 4.74 Å². The predicted octanol–water partition coefficient (Wildman–Crippen LogP) is 3.70. The Morgan fingerprint density at radius 1 is 1.18 bits per heavy atom. The summed E-state index contributed by atoms with van der Waals surface area (Å²) < 4.78 is 5.54. The van der Waals surface area contributed by atoms with Gasteiger partial charge in [0.15, 0.2) is 12.6 Å². The third-order valence-electron chi connectivity index (χ3n) is 3.73. The number of guanidine groups is 1. The number of hydrogen-bond donors (Lipinski definition) is 3. The van der Waals surface area contributed by atoms with Crippen LogP contribution < -0.4 is 20.7 Å². The Kier molecular flexibility index (Phi) is 11.6. The van der Waals surface area contributed by atoms with E-state index in [9.17, 15) is 4.79 Å². The number of nitrogens with zero attached hydrogens (tertiary/aromatic N) is 1. The zero-order valence-electron chi connectivity index (χ0n) is 16.5. The van der Waals surface area contributed by atoms with Crippen molar-refractivity contribution in [1.29, 1.82) is 0 Å². The van der Waals surface area contributed by atoms with Gasteiger partial charge in [-0.3, -0.25) is 4.79 Å². The number of likely N-dealkylation sites (N-methyl/N-ethyl adjacent to an activating group) is 1. The van der Waals surface area contributed by atoms with E-state index in [2.05, 4.69) is 45.4 Å². The Morgan fingerprint density at radius 2 is 1.96 bits per heavy atom. The molecule has 0 bridgehead atoms. The van der Waals surface area contributed by atoms with Crippen LogP contribution in [0.1, 0.15) is 37.3 Å². The van der Waals surface area contributed by atoms with Crippen LogP contribution in [0.15, 0.2) is 46.8 Å². The van der Waals surface area contributed by atoms with Crippen molar-refractivity contribution < 1.29 is 9.53 Å². The molecule has 0 spiro atoms. The minimum atomic E-state index is -0.123. The maximum atomic E-state index is 11.5. The summed E-state index contributed by atoms with van der Waals surface area (Å²) in [7, 11) is 0. The molecule has 1 heterocycles. The van der Waals surface area contributed by atoms with Crippen molar-refractivity contribution in [3.8, 4) is 5.75 Å². The molecule has 1 unspecified atom stereocenters. The molecule has 0 aliphatic rings. The van der Waals surface area contributed by atoms with E-state index >= 15 is 0 Å². The molecule has 2 rings (SSSR count). The van der Waals surface area contributed by atoms with Gasteiger partial charge in [-0.1, -0.05) is 18.2 Å². The Hall–Kier alpha value is -1.81. The van der Waals surface area contributed by atoms with Crippen molar-refractivity contribution in [2.24, 2.45) is 4.99 Å². The number of amides is 1. The summed E-state index contributed by atoms with van der Waals surface area (Å²) in [6.45, 7) is 7.97. The fourth-order valence-corrected chi connectivity index (χ4v) is 3.17.